The van der Waals surface area contributed by atoms with Crippen molar-refractivity contribution in [2.45, 2.75) is 25.6 Å². The second-order valence-electron chi connectivity index (χ2n) is 7.38. The minimum atomic E-state index is -4.87. The summed E-state index contributed by atoms with van der Waals surface area (Å²) in [7, 11) is 1.81. The topological polar surface area (TPSA) is 59.4 Å². The highest BCUT2D eigenvalue weighted by molar-refractivity contribution is 6.30. The molecule has 172 valence electrons. The van der Waals surface area contributed by atoms with Gasteiger partial charge in [-0.25, -0.2) is 4.98 Å². The molecule has 1 aliphatic rings. The quantitative estimate of drug-likeness (QED) is 0.495. The number of rotatable bonds is 4. The number of nitrogens with zero attached hydrogens (tertiary/aromatic N) is 3. The molecule has 1 saturated heterocycles. The van der Waals surface area contributed by atoms with E-state index in [1.165, 1.54) is 18.3 Å². The second kappa shape index (κ2) is 9.46. The molecule has 1 aromatic carbocycles. The SMILES string of the molecule is Cl.Cn1ccc2c(Nc3ccc(Cl)cc3OC(F)(F)F)ncc(C(=O)N3CCCCC3)c21. The van der Waals surface area contributed by atoms with E-state index in [2.05, 4.69) is 15.0 Å². The first-order valence-corrected chi connectivity index (χ1v) is 10.2. The highest BCUT2D eigenvalue weighted by atomic mass is 35.5. The Morgan fingerprint density at radius 2 is 1.91 bits per heavy atom. The lowest BCUT2D eigenvalue weighted by Crippen LogP contribution is -2.35. The molecule has 2 aromatic heterocycles. The summed E-state index contributed by atoms with van der Waals surface area (Å²) in [6.07, 6.45) is 1.40. The molecule has 1 fully saturated rings. The molecule has 0 bridgehead atoms. The Hall–Kier alpha value is -2.65. The standard InChI is InChI=1S/C21H20ClF3N4O2.ClH/c1-28-10-7-14-18(28)15(20(30)29-8-3-2-4-9-29)12-26-19(14)27-16-6-5-13(22)11-17(16)31-21(23,24)25;/h5-7,10-12H,2-4,8-9H2,1H3,(H,26,27);1H. The summed E-state index contributed by atoms with van der Waals surface area (Å²) in [6.45, 7) is 1.40. The van der Waals surface area contributed by atoms with Gasteiger partial charge in [-0.05, 0) is 37.5 Å². The van der Waals surface area contributed by atoms with Crippen LogP contribution < -0.4 is 10.1 Å². The van der Waals surface area contributed by atoms with Gasteiger partial charge in [0.1, 0.15) is 5.82 Å². The molecule has 4 rings (SSSR count). The van der Waals surface area contributed by atoms with Crippen LogP contribution in [-0.2, 0) is 7.05 Å². The van der Waals surface area contributed by atoms with Gasteiger partial charge in [-0.1, -0.05) is 11.6 Å². The number of anilines is 2. The zero-order valence-electron chi connectivity index (χ0n) is 17.1. The zero-order valence-corrected chi connectivity index (χ0v) is 18.7. The van der Waals surface area contributed by atoms with Crippen LogP contribution >= 0.6 is 24.0 Å². The Balaban J connectivity index is 0.00000289. The van der Waals surface area contributed by atoms with E-state index >= 15 is 0 Å². The summed E-state index contributed by atoms with van der Waals surface area (Å²) >= 11 is 5.84. The molecular formula is C21H21Cl2F3N4O2. The smallest absolute Gasteiger partial charge is 0.404 e. The van der Waals surface area contributed by atoms with Gasteiger partial charge in [-0.2, -0.15) is 0 Å². The average Bonchev–Trinajstić information content (AvgIpc) is 3.11. The summed E-state index contributed by atoms with van der Waals surface area (Å²) in [5.41, 5.74) is 1.16. The van der Waals surface area contributed by atoms with Crippen LogP contribution in [0.4, 0.5) is 24.7 Å². The number of carbonyl (C=O) groups is 1. The molecular weight excluding hydrogens is 468 g/mol. The summed E-state index contributed by atoms with van der Waals surface area (Å²) in [4.78, 5) is 19.2. The normalized spacial score (nSPS) is 14.2. The zero-order chi connectivity index (χ0) is 22.2. The predicted molar refractivity (Wildman–Crippen MR) is 119 cm³/mol. The fourth-order valence-electron chi connectivity index (χ4n) is 3.78. The van der Waals surface area contributed by atoms with Crippen molar-refractivity contribution in [1.82, 2.24) is 14.5 Å². The third-order valence-electron chi connectivity index (χ3n) is 5.20. The Kier molecular flexibility index (Phi) is 7.09. The minimum absolute atomic E-state index is 0. The number of alkyl halides is 3. The van der Waals surface area contributed by atoms with Gasteiger partial charge in [-0.15, -0.1) is 25.6 Å². The van der Waals surface area contributed by atoms with Gasteiger partial charge in [-0.3, -0.25) is 4.79 Å². The lowest BCUT2D eigenvalue weighted by atomic mass is 10.1. The first kappa shape index (κ1) is 24.0. The molecule has 0 saturated carbocycles. The molecule has 32 heavy (non-hydrogen) atoms. The molecule has 3 heterocycles. The van der Waals surface area contributed by atoms with Crippen molar-refractivity contribution in [2.75, 3.05) is 18.4 Å². The van der Waals surface area contributed by atoms with Crippen molar-refractivity contribution in [3.05, 3.63) is 47.2 Å². The van der Waals surface area contributed by atoms with Gasteiger partial charge in [0, 0.05) is 49.0 Å². The van der Waals surface area contributed by atoms with E-state index in [9.17, 15) is 18.0 Å². The molecule has 0 spiro atoms. The average molecular weight is 489 g/mol. The van der Waals surface area contributed by atoms with Crippen LogP contribution in [-0.4, -0.2) is 39.8 Å². The monoisotopic (exact) mass is 488 g/mol. The van der Waals surface area contributed by atoms with Crippen LogP contribution in [0, 0.1) is 0 Å². The number of hydrogen-bond donors (Lipinski definition) is 1. The van der Waals surface area contributed by atoms with Crippen LogP contribution in [0.5, 0.6) is 5.75 Å². The van der Waals surface area contributed by atoms with E-state index in [1.807, 2.05) is 4.90 Å². The number of ether oxygens (including phenoxy) is 1. The number of hydrogen-bond acceptors (Lipinski definition) is 4. The molecule has 3 aromatic rings. The third kappa shape index (κ3) is 5.05. The third-order valence-corrected chi connectivity index (χ3v) is 5.44. The number of amides is 1. The van der Waals surface area contributed by atoms with Crippen molar-refractivity contribution in [1.29, 1.82) is 0 Å². The number of likely N-dealkylation sites (tertiary alicyclic amines) is 1. The number of carbonyl (C=O) groups excluding carboxylic acids is 1. The number of halogens is 5. The largest absolute Gasteiger partial charge is 0.573 e. The van der Waals surface area contributed by atoms with Crippen LogP contribution in [0.15, 0.2) is 36.7 Å². The van der Waals surface area contributed by atoms with E-state index in [0.717, 1.165) is 25.3 Å². The van der Waals surface area contributed by atoms with Crippen molar-refractivity contribution in [2.24, 2.45) is 7.05 Å². The van der Waals surface area contributed by atoms with Gasteiger partial charge in [0.05, 0.1) is 16.8 Å². The molecule has 1 N–H and O–H groups in total. The van der Waals surface area contributed by atoms with Crippen molar-refractivity contribution in [3.63, 3.8) is 0 Å². The van der Waals surface area contributed by atoms with Crippen LogP contribution in [0.25, 0.3) is 10.9 Å². The molecule has 0 aliphatic carbocycles. The summed E-state index contributed by atoms with van der Waals surface area (Å²) in [5.74, 6) is -0.266. The van der Waals surface area contributed by atoms with Crippen LogP contribution in [0.3, 0.4) is 0 Å². The van der Waals surface area contributed by atoms with E-state index < -0.39 is 12.1 Å². The fourth-order valence-corrected chi connectivity index (χ4v) is 3.94. The first-order chi connectivity index (χ1) is 14.7. The van der Waals surface area contributed by atoms with E-state index in [1.54, 1.807) is 23.9 Å². The molecule has 1 amide bonds. The maximum absolute atomic E-state index is 13.1. The van der Waals surface area contributed by atoms with Gasteiger partial charge in [0.25, 0.3) is 5.91 Å². The van der Waals surface area contributed by atoms with Gasteiger partial charge in [0.2, 0.25) is 0 Å². The van der Waals surface area contributed by atoms with Crippen molar-refractivity contribution >= 4 is 52.3 Å². The summed E-state index contributed by atoms with van der Waals surface area (Å²) in [6, 6.07) is 5.67. The summed E-state index contributed by atoms with van der Waals surface area (Å²) < 4.78 is 44.3. The van der Waals surface area contributed by atoms with Crippen molar-refractivity contribution in [3.8, 4) is 5.75 Å². The van der Waals surface area contributed by atoms with E-state index in [4.69, 9.17) is 11.6 Å². The first-order valence-electron chi connectivity index (χ1n) is 9.78. The number of piperidine rings is 1. The predicted octanol–water partition coefficient (Wildman–Crippen LogP) is 5.92. The maximum Gasteiger partial charge on any atom is 0.573 e. The number of fused-ring (bicyclic) bond motifs is 1. The maximum atomic E-state index is 13.1. The Bertz CT molecular complexity index is 1130. The Labute approximate surface area is 193 Å². The number of nitrogens with one attached hydrogen (secondary N) is 1. The lowest BCUT2D eigenvalue weighted by molar-refractivity contribution is -0.274. The second-order valence-corrected chi connectivity index (χ2v) is 7.81. The molecule has 1 aliphatic heterocycles. The molecule has 6 nitrogen and oxygen atoms in total. The Morgan fingerprint density at radius 1 is 1.19 bits per heavy atom. The molecule has 11 heteroatoms. The van der Waals surface area contributed by atoms with Gasteiger partial charge >= 0.3 is 6.36 Å². The molecule has 0 radical (unpaired) electrons. The van der Waals surface area contributed by atoms with Gasteiger partial charge in [0.15, 0.2) is 5.75 Å². The summed E-state index contributed by atoms with van der Waals surface area (Å²) in [5, 5.41) is 3.60. The number of aromatic nitrogens is 2. The van der Waals surface area contributed by atoms with Crippen LogP contribution in [0.2, 0.25) is 5.02 Å². The highest BCUT2D eigenvalue weighted by Crippen LogP contribution is 2.36. The fraction of sp³-hybridized carbons (Fsp3) is 0.333. The minimum Gasteiger partial charge on any atom is -0.404 e. The van der Waals surface area contributed by atoms with E-state index in [-0.39, 0.29) is 29.0 Å². The number of pyridine rings is 1. The number of aryl methyl sites for hydroxylation is 1. The highest BCUT2D eigenvalue weighted by Gasteiger charge is 2.32. The van der Waals surface area contributed by atoms with E-state index in [0.29, 0.717) is 35.4 Å². The Morgan fingerprint density at radius 3 is 2.59 bits per heavy atom. The van der Waals surface area contributed by atoms with Gasteiger partial charge < -0.3 is 19.5 Å². The van der Waals surface area contributed by atoms with Crippen LogP contribution in [0.1, 0.15) is 29.6 Å². The molecule has 0 atom stereocenters. The van der Waals surface area contributed by atoms with Crippen molar-refractivity contribution < 1.29 is 22.7 Å². The number of benzene rings is 1. The molecule has 0 unspecified atom stereocenters. The lowest BCUT2D eigenvalue weighted by Gasteiger charge is -2.27.